The van der Waals surface area contributed by atoms with Crippen LogP contribution in [0.5, 0.6) is 0 Å². The normalized spacial score (nSPS) is 10.5. The molecule has 0 aliphatic rings. The summed E-state index contributed by atoms with van der Waals surface area (Å²) in [5, 5.41) is 0.779. The van der Waals surface area contributed by atoms with Crippen LogP contribution in [0, 0.1) is 0 Å². The maximum absolute atomic E-state index is 5.66. The van der Waals surface area contributed by atoms with Crippen LogP contribution in [-0.4, -0.2) is 9.97 Å². The van der Waals surface area contributed by atoms with Gasteiger partial charge < -0.3 is 11.5 Å². The molecule has 1 heterocycles. The van der Waals surface area contributed by atoms with Gasteiger partial charge in [0.05, 0.1) is 5.52 Å². The molecule has 5 heteroatoms. The van der Waals surface area contributed by atoms with Gasteiger partial charge in [0.25, 0.3) is 0 Å². The monoisotopic (exact) mass is 192 g/mol. The Bertz CT molecular complexity index is 469. The van der Waals surface area contributed by atoms with E-state index < -0.39 is 0 Å². The number of benzene rings is 1. The van der Waals surface area contributed by atoms with Gasteiger partial charge in [-0.2, -0.15) is 4.98 Å². The van der Waals surface area contributed by atoms with Gasteiger partial charge in [0.2, 0.25) is 5.95 Å². The van der Waals surface area contributed by atoms with E-state index in [1.165, 1.54) is 0 Å². The molecule has 0 saturated carbocycles. The average Bonchev–Trinajstić information content (AvgIpc) is 2.06. The number of anilines is 2. The second-order valence-electron chi connectivity index (χ2n) is 2.67. The number of thiol groups is 1. The highest BCUT2D eigenvalue weighted by molar-refractivity contribution is 7.80. The van der Waals surface area contributed by atoms with Gasteiger partial charge in [-0.1, -0.05) is 0 Å². The summed E-state index contributed by atoms with van der Waals surface area (Å²) in [7, 11) is 0. The Kier molecular flexibility index (Phi) is 1.73. The standard InChI is InChI=1S/C8H8N4S/c9-7-5-3-4(13)1-2-6(5)11-8(10)12-7/h1-3,13H,(H4,9,10,11,12). The van der Waals surface area contributed by atoms with Crippen LogP contribution >= 0.6 is 12.6 Å². The number of nitrogens with zero attached hydrogens (tertiary/aromatic N) is 2. The zero-order chi connectivity index (χ0) is 9.42. The molecule has 0 bridgehead atoms. The first-order chi connectivity index (χ1) is 6.16. The number of nitrogens with two attached hydrogens (primary N) is 2. The minimum atomic E-state index is 0.192. The maximum atomic E-state index is 5.66. The Balaban J connectivity index is 2.87. The summed E-state index contributed by atoms with van der Waals surface area (Å²) in [6.45, 7) is 0. The lowest BCUT2D eigenvalue weighted by molar-refractivity contribution is 1.24. The van der Waals surface area contributed by atoms with Crippen LogP contribution < -0.4 is 11.5 Å². The van der Waals surface area contributed by atoms with Crippen molar-refractivity contribution in [2.75, 3.05) is 11.5 Å². The van der Waals surface area contributed by atoms with Crippen LogP contribution in [0.1, 0.15) is 0 Å². The Morgan fingerprint density at radius 2 is 1.92 bits per heavy atom. The molecule has 0 atom stereocenters. The zero-order valence-electron chi connectivity index (χ0n) is 6.73. The summed E-state index contributed by atoms with van der Waals surface area (Å²) in [6.07, 6.45) is 0. The number of fused-ring (bicyclic) bond motifs is 1. The fraction of sp³-hybridized carbons (Fsp3) is 0. The van der Waals surface area contributed by atoms with E-state index in [-0.39, 0.29) is 5.95 Å². The zero-order valence-corrected chi connectivity index (χ0v) is 7.62. The highest BCUT2D eigenvalue weighted by Gasteiger charge is 2.02. The largest absolute Gasteiger partial charge is 0.383 e. The van der Waals surface area contributed by atoms with Gasteiger partial charge in [0.1, 0.15) is 5.82 Å². The van der Waals surface area contributed by atoms with Gasteiger partial charge in [-0.3, -0.25) is 0 Å². The van der Waals surface area contributed by atoms with Crippen LogP contribution in [0.15, 0.2) is 23.1 Å². The van der Waals surface area contributed by atoms with Crippen molar-refractivity contribution in [1.82, 2.24) is 9.97 Å². The van der Waals surface area contributed by atoms with E-state index in [1.54, 1.807) is 0 Å². The summed E-state index contributed by atoms with van der Waals surface area (Å²) in [6, 6.07) is 5.45. The van der Waals surface area contributed by atoms with Gasteiger partial charge in [-0.25, -0.2) is 4.98 Å². The average molecular weight is 192 g/mol. The molecule has 0 unspecified atom stereocenters. The third-order valence-corrected chi connectivity index (χ3v) is 2.00. The van der Waals surface area contributed by atoms with Crippen molar-refractivity contribution in [3.8, 4) is 0 Å². The van der Waals surface area contributed by atoms with Crippen molar-refractivity contribution in [2.24, 2.45) is 0 Å². The molecule has 2 rings (SSSR count). The van der Waals surface area contributed by atoms with Crippen LogP contribution in [0.2, 0.25) is 0 Å². The molecule has 1 aromatic heterocycles. The molecule has 4 nitrogen and oxygen atoms in total. The minimum absolute atomic E-state index is 0.192. The molecule has 66 valence electrons. The lowest BCUT2D eigenvalue weighted by atomic mass is 10.2. The van der Waals surface area contributed by atoms with Crippen LogP contribution in [0.3, 0.4) is 0 Å². The molecule has 0 aliphatic heterocycles. The molecule has 2 aromatic rings. The summed E-state index contributed by atoms with van der Waals surface area (Å²) in [4.78, 5) is 8.71. The van der Waals surface area contributed by atoms with Crippen LogP contribution in [0.25, 0.3) is 10.9 Å². The predicted molar refractivity (Wildman–Crippen MR) is 55.6 cm³/mol. The molecule has 0 radical (unpaired) electrons. The lowest BCUT2D eigenvalue weighted by Gasteiger charge is -2.02. The summed E-state index contributed by atoms with van der Waals surface area (Å²) < 4.78 is 0. The topological polar surface area (TPSA) is 77.8 Å². The Morgan fingerprint density at radius 3 is 2.69 bits per heavy atom. The fourth-order valence-electron chi connectivity index (χ4n) is 1.16. The molecule has 0 aliphatic carbocycles. The van der Waals surface area contributed by atoms with Gasteiger partial charge >= 0.3 is 0 Å². The van der Waals surface area contributed by atoms with E-state index >= 15 is 0 Å². The maximum Gasteiger partial charge on any atom is 0.222 e. The quantitative estimate of drug-likeness (QED) is 0.546. The van der Waals surface area contributed by atoms with E-state index in [0.717, 1.165) is 15.8 Å². The van der Waals surface area contributed by atoms with Crippen LogP contribution in [0.4, 0.5) is 11.8 Å². The highest BCUT2D eigenvalue weighted by Crippen LogP contribution is 2.21. The van der Waals surface area contributed by atoms with Gasteiger partial charge in [-0.05, 0) is 18.2 Å². The molecular weight excluding hydrogens is 184 g/mol. The van der Waals surface area contributed by atoms with E-state index in [9.17, 15) is 0 Å². The van der Waals surface area contributed by atoms with Gasteiger partial charge in [0, 0.05) is 10.3 Å². The first kappa shape index (κ1) is 8.12. The molecule has 13 heavy (non-hydrogen) atoms. The third-order valence-electron chi connectivity index (χ3n) is 1.73. The van der Waals surface area contributed by atoms with Crippen molar-refractivity contribution in [2.45, 2.75) is 4.90 Å². The number of nitrogen functional groups attached to an aromatic ring is 2. The Labute approximate surface area is 80.4 Å². The van der Waals surface area contributed by atoms with Crippen molar-refractivity contribution in [3.05, 3.63) is 18.2 Å². The molecule has 0 saturated heterocycles. The summed E-state index contributed by atoms with van der Waals surface area (Å²) >= 11 is 4.19. The van der Waals surface area contributed by atoms with Crippen molar-refractivity contribution in [3.63, 3.8) is 0 Å². The molecule has 0 spiro atoms. The summed E-state index contributed by atoms with van der Waals surface area (Å²) in [5.41, 5.74) is 11.8. The Morgan fingerprint density at radius 1 is 1.15 bits per heavy atom. The lowest BCUT2D eigenvalue weighted by Crippen LogP contribution is -2.00. The van der Waals surface area contributed by atoms with Gasteiger partial charge in [-0.15, -0.1) is 12.6 Å². The second kappa shape index (κ2) is 2.77. The summed E-state index contributed by atoms with van der Waals surface area (Å²) in [5.74, 6) is 0.579. The van der Waals surface area contributed by atoms with E-state index in [1.807, 2.05) is 18.2 Å². The number of hydrogen-bond acceptors (Lipinski definition) is 5. The predicted octanol–water partition coefficient (Wildman–Crippen LogP) is 1.08. The van der Waals surface area contributed by atoms with Crippen LogP contribution in [-0.2, 0) is 0 Å². The number of rotatable bonds is 0. The molecular formula is C8H8N4S. The second-order valence-corrected chi connectivity index (χ2v) is 3.18. The smallest absolute Gasteiger partial charge is 0.222 e. The van der Waals surface area contributed by atoms with E-state index in [0.29, 0.717) is 5.82 Å². The minimum Gasteiger partial charge on any atom is -0.383 e. The van der Waals surface area contributed by atoms with Gasteiger partial charge in [0.15, 0.2) is 0 Å². The van der Waals surface area contributed by atoms with E-state index in [2.05, 4.69) is 22.6 Å². The number of aromatic nitrogens is 2. The third kappa shape index (κ3) is 1.38. The highest BCUT2D eigenvalue weighted by atomic mass is 32.1. The van der Waals surface area contributed by atoms with Crippen molar-refractivity contribution >= 4 is 35.3 Å². The first-order valence-electron chi connectivity index (χ1n) is 3.68. The molecule has 1 aromatic carbocycles. The van der Waals surface area contributed by atoms with Crippen molar-refractivity contribution in [1.29, 1.82) is 0 Å². The Hall–Kier alpha value is -1.49. The van der Waals surface area contributed by atoms with Crippen molar-refractivity contribution < 1.29 is 0 Å². The van der Waals surface area contributed by atoms with E-state index in [4.69, 9.17) is 11.5 Å². The SMILES string of the molecule is Nc1nc(N)c2cc(S)ccc2n1. The molecule has 0 fully saturated rings. The number of hydrogen-bond donors (Lipinski definition) is 3. The first-order valence-corrected chi connectivity index (χ1v) is 4.13. The molecule has 4 N–H and O–H groups in total. The molecule has 0 amide bonds. The fourth-order valence-corrected chi connectivity index (χ4v) is 1.36.